The normalized spacial score (nSPS) is 16.2. The molecule has 0 aliphatic heterocycles. The summed E-state index contributed by atoms with van der Waals surface area (Å²) in [5, 5.41) is 20.9. The van der Waals surface area contributed by atoms with Crippen molar-refractivity contribution in [3.63, 3.8) is 0 Å². The van der Waals surface area contributed by atoms with Gasteiger partial charge in [0.1, 0.15) is 11.8 Å². The van der Waals surface area contributed by atoms with Crippen molar-refractivity contribution < 1.29 is 19.8 Å². The third kappa shape index (κ3) is 2.55. The Morgan fingerprint density at radius 3 is 2.47 bits per heavy atom. The molecule has 1 aliphatic carbocycles. The molecule has 90 valence electrons. The van der Waals surface area contributed by atoms with Gasteiger partial charge < -0.3 is 15.5 Å². The third-order valence-corrected chi connectivity index (χ3v) is 2.79. The molecule has 1 saturated carbocycles. The fraction of sp³-hybridized carbons (Fsp3) is 0.333. The van der Waals surface area contributed by atoms with Crippen LogP contribution in [0.25, 0.3) is 0 Å². The lowest BCUT2D eigenvalue weighted by Gasteiger charge is -2.13. The highest BCUT2D eigenvalue weighted by molar-refractivity contribution is 5.98. The largest absolute Gasteiger partial charge is 0.507 e. The van der Waals surface area contributed by atoms with E-state index in [9.17, 15) is 14.7 Å². The van der Waals surface area contributed by atoms with Gasteiger partial charge >= 0.3 is 5.97 Å². The minimum Gasteiger partial charge on any atom is -0.507 e. The van der Waals surface area contributed by atoms with Gasteiger partial charge in [0, 0.05) is 0 Å². The van der Waals surface area contributed by atoms with E-state index >= 15 is 0 Å². The molecular formula is C12H13NO4. The number of amides is 1. The molecule has 1 fully saturated rings. The van der Waals surface area contributed by atoms with Crippen LogP contribution >= 0.6 is 0 Å². The van der Waals surface area contributed by atoms with Crippen LogP contribution in [0, 0.1) is 5.92 Å². The number of rotatable bonds is 4. The van der Waals surface area contributed by atoms with Gasteiger partial charge in [0.2, 0.25) is 0 Å². The Kier molecular flexibility index (Phi) is 2.99. The zero-order valence-electron chi connectivity index (χ0n) is 9.09. The minimum atomic E-state index is -1.03. The predicted molar refractivity (Wildman–Crippen MR) is 59.7 cm³/mol. The van der Waals surface area contributed by atoms with E-state index < -0.39 is 17.9 Å². The van der Waals surface area contributed by atoms with Gasteiger partial charge in [-0.05, 0) is 30.9 Å². The van der Waals surface area contributed by atoms with E-state index in [4.69, 9.17) is 5.11 Å². The van der Waals surface area contributed by atoms with Crippen LogP contribution < -0.4 is 5.32 Å². The fourth-order valence-corrected chi connectivity index (χ4v) is 1.70. The average Bonchev–Trinajstić information content (AvgIpc) is 3.09. The Labute approximate surface area is 98.1 Å². The molecule has 3 N–H and O–H groups in total. The number of phenolic OH excluding ortho intramolecular Hbond substituents is 1. The molecule has 2 rings (SSSR count). The van der Waals surface area contributed by atoms with E-state index in [0.29, 0.717) is 0 Å². The van der Waals surface area contributed by atoms with E-state index in [0.717, 1.165) is 12.8 Å². The first-order valence-electron chi connectivity index (χ1n) is 5.41. The van der Waals surface area contributed by atoms with Gasteiger partial charge in [-0.25, -0.2) is 4.79 Å². The number of para-hydroxylation sites is 1. The second kappa shape index (κ2) is 4.45. The van der Waals surface area contributed by atoms with Crippen molar-refractivity contribution in [1.82, 2.24) is 5.32 Å². The van der Waals surface area contributed by atoms with Gasteiger partial charge in [-0.2, -0.15) is 0 Å². The number of aromatic hydroxyl groups is 1. The maximum atomic E-state index is 11.8. The molecular weight excluding hydrogens is 222 g/mol. The summed E-state index contributed by atoms with van der Waals surface area (Å²) < 4.78 is 0. The Hall–Kier alpha value is -2.04. The summed E-state index contributed by atoms with van der Waals surface area (Å²) in [4.78, 5) is 22.7. The first-order valence-corrected chi connectivity index (χ1v) is 5.41. The molecule has 1 amide bonds. The van der Waals surface area contributed by atoms with Crippen molar-refractivity contribution in [3.8, 4) is 5.75 Å². The maximum Gasteiger partial charge on any atom is 0.326 e. The first kappa shape index (κ1) is 11.4. The first-order chi connectivity index (χ1) is 8.09. The highest BCUT2D eigenvalue weighted by Gasteiger charge is 2.37. The van der Waals surface area contributed by atoms with Crippen LogP contribution in [-0.4, -0.2) is 28.1 Å². The molecule has 5 heteroatoms. The number of aliphatic carboxylic acids is 1. The number of carbonyl (C=O) groups excluding carboxylic acids is 1. The molecule has 0 radical (unpaired) electrons. The van der Waals surface area contributed by atoms with Crippen LogP contribution in [0.1, 0.15) is 23.2 Å². The van der Waals surface area contributed by atoms with Gasteiger partial charge in [0.15, 0.2) is 0 Å². The fourth-order valence-electron chi connectivity index (χ4n) is 1.70. The van der Waals surface area contributed by atoms with Crippen LogP contribution in [0.2, 0.25) is 0 Å². The van der Waals surface area contributed by atoms with Crippen LogP contribution in [0.15, 0.2) is 24.3 Å². The Bertz CT molecular complexity index is 454. The monoisotopic (exact) mass is 235 g/mol. The molecule has 17 heavy (non-hydrogen) atoms. The van der Waals surface area contributed by atoms with Crippen molar-refractivity contribution in [2.24, 2.45) is 5.92 Å². The zero-order chi connectivity index (χ0) is 12.4. The lowest BCUT2D eigenvalue weighted by atomic mass is 10.1. The van der Waals surface area contributed by atoms with Crippen LogP contribution in [0.5, 0.6) is 5.75 Å². The number of phenols is 1. The van der Waals surface area contributed by atoms with E-state index in [-0.39, 0.29) is 17.2 Å². The van der Waals surface area contributed by atoms with E-state index in [2.05, 4.69) is 5.32 Å². The van der Waals surface area contributed by atoms with Gasteiger partial charge in [-0.3, -0.25) is 4.79 Å². The number of benzene rings is 1. The number of carboxylic acids is 1. The number of carboxylic acid groups (broad SMARTS) is 1. The van der Waals surface area contributed by atoms with Crippen molar-refractivity contribution in [2.75, 3.05) is 0 Å². The molecule has 1 aromatic carbocycles. The summed E-state index contributed by atoms with van der Waals surface area (Å²) in [6.45, 7) is 0. The van der Waals surface area contributed by atoms with E-state index in [1.807, 2.05) is 0 Å². The Morgan fingerprint density at radius 1 is 1.29 bits per heavy atom. The van der Waals surface area contributed by atoms with Crippen LogP contribution in [0.3, 0.4) is 0 Å². The standard InChI is InChI=1S/C12H13NO4/c14-9-4-2-1-3-8(9)11(15)13-10(12(16)17)7-5-6-7/h1-4,7,10,14H,5-6H2,(H,13,15)(H,16,17). The quantitative estimate of drug-likeness (QED) is 0.726. The lowest BCUT2D eigenvalue weighted by molar-refractivity contribution is -0.139. The van der Waals surface area contributed by atoms with Crippen LogP contribution in [-0.2, 0) is 4.79 Å². The molecule has 5 nitrogen and oxygen atoms in total. The van der Waals surface area contributed by atoms with Gasteiger partial charge in [-0.15, -0.1) is 0 Å². The van der Waals surface area contributed by atoms with Gasteiger partial charge in [0.05, 0.1) is 5.56 Å². The smallest absolute Gasteiger partial charge is 0.326 e. The van der Waals surface area contributed by atoms with Crippen LogP contribution in [0.4, 0.5) is 0 Å². The molecule has 0 heterocycles. The molecule has 1 unspecified atom stereocenters. The SMILES string of the molecule is O=C(NC(C(=O)O)C1CC1)c1ccccc1O. The number of carbonyl (C=O) groups is 2. The van der Waals surface area contributed by atoms with Crippen molar-refractivity contribution in [1.29, 1.82) is 0 Å². The number of hydrogen-bond donors (Lipinski definition) is 3. The summed E-state index contributed by atoms with van der Waals surface area (Å²) in [7, 11) is 0. The summed E-state index contributed by atoms with van der Waals surface area (Å²) in [5.74, 6) is -1.72. The Balaban J connectivity index is 2.10. The van der Waals surface area contributed by atoms with Crippen molar-refractivity contribution >= 4 is 11.9 Å². The van der Waals surface area contributed by atoms with E-state index in [1.165, 1.54) is 12.1 Å². The highest BCUT2D eigenvalue weighted by atomic mass is 16.4. The number of hydrogen-bond acceptors (Lipinski definition) is 3. The van der Waals surface area contributed by atoms with Crippen molar-refractivity contribution in [3.05, 3.63) is 29.8 Å². The number of nitrogens with one attached hydrogen (secondary N) is 1. The average molecular weight is 235 g/mol. The zero-order valence-corrected chi connectivity index (χ0v) is 9.09. The minimum absolute atomic E-state index is 0.0160. The lowest BCUT2D eigenvalue weighted by Crippen LogP contribution is -2.42. The van der Waals surface area contributed by atoms with Crippen molar-refractivity contribution in [2.45, 2.75) is 18.9 Å². The molecule has 1 atom stereocenters. The summed E-state index contributed by atoms with van der Waals surface area (Å²) in [6, 6.07) is 5.20. The molecule has 0 saturated heterocycles. The summed E-state index contributed by atoms with van der Waals surface area (Å²) in [5.41, 5.74) is 0.0967. The summed E-state index contributed by atoms with van der Waals surface area (Å²) >= 11 is 0. The second-order valence-electron chi connectivity index (χ2n) is 4.14. The third-order valence-electron chi connectivity index (χ3n) is 2.79. The molecule has 1 aromatic rings. The van der Waals surface area contributed by atoms with E-state index in [1.54, 1.807) is 12.1 Å². The maximum absolute atomic E-state index is 11.8. The topological polar surface area (TPSA) is 86.6 Å². The highest BCUT2D eigenvalue weighted by Crippen LogP contribution is 2.33. The molecule has 0 spiro atoms. The predicted octanol–water partition coefficient (Wildman–Crippen LogP) is 0.985. The van der Waals surface area contributed by atoms with Gasteiger partial charge in [0.25, 0.3) is 5.91 Å². The Morgan fingerprint density at radius 2 is 1.94 bits per heavy atom. The summed E-state index contributed by atoms with van der Waals surface area (Å²) in [6.07, 6.45) is 1.63. The molecule has 0 bridgehead atoms. The van der Waals surface area contributed by atoms with Gasteiger partial charge in [-0.1, -0.05) is 12.1 Å². The molecule has 0 aromatic heterocycles. The molecule has 1 aliphatic rings. The second-order valence-corrected chi connectivity index (χ2v) is 4.14.